The molecule has 0 bridgehead atoms. The first-order valence-corrected chi connectivity index (χ1v) is 4.71. The standard InChI is InChI=1S/C8H15N5O2/c1-6(12(2)3)9-8(11-13(14)15)10-7-4-5-7/h7H,4-5H2,1-3H3,(H,10,11)/b9-6-. The van der Waals surface area contributed by atoms with Crippen LogP contribution in [0, 0.1) is 10.1 Å². The van der Waals surface area contributed by atoms with Crippen LogP contribution in [0.2, 0.25) is 0 Å². The van der Waals surface area contributed by atoms with Crippen LogP contribution >= 0.6 is 0 Å². The number of hydrogen-bond acceptors (Lipinski definition) is 2. The molecule has 1 aliphatic carbocycles. The van der Waals surface area contributed by atoms with Gasteiger partial charge in [-0.25, -0.2) is 10.1 Å². The molecule has 1 saturated carbocycles. The van der Waals surface area contributed by atoms with E-state index in [1.807, 2.05) is 14.1 Å². The number of nitro groups is 1. The molecule has 7 heteroatoms. The van der Waals surface area contributed by atoms with Crippen molar-refractivity contribution in [1.29, 1.82) is 0 Å². The topological polar surface area (TPSA) is 83.1 Å². The van der Waals surface area contributed by atoms with Crippen molar-refractivity contribution in [2.75, 3.05) is 14.1 Å². The summed E-state index contributed by atoms with van der Waals surface area (Å²) >= 11 is 0. The first kappa shape index (κ1) is 11.4. The van der Waals surface area contributed by atoms with Gasteiger partial charge in [-0.3, -0.25) is 0 Å². The summed E-state index contributed by atoms with van der Waals surface area (Å²) in [7, 11) is 3.64. The van der Waals surface area contributed by atoms with Crippen molar-refractivity contribution in [3.05, 3.63) is 10.1 Å². The van der Waals surface area contributed by atoms with E-state index in [2.05, 4.69) is 15.4 Å². The van der Waals surface area contributed by atoms with Gasteiger partial charge >= 0.3 is 0 Å². The molecule has 15 heavy (non-hydrogen) atoms. The highest BCUT2D eigenvalue weighted by atomic mass is 16.7. The zero-order valence-electron chi connectivity index (χ0n) is 9.10. The summed E-state index contributed by atoms with van der Waals surface area (Å²) in [6.07, 6.45) is 2.04. The number of guanidine groups is 1. The summed E-state index contributed by atoms with van der Waals surface area (Å²) in [4.78, 5) is 16.1. The summed E-state index contributed by atoms with van der Waals surface area (Å²) in [6, 6.07) is 0.294. The van der Waals surface area contributed by atoms with Crippen molar-refractivity contribution in [3.63, 3.8) is 0 Å². The monoisotopic (exact) mass is 213 g/mol. The molecule has 0 aromatic carbocycles. The Kier molecular flexibility index (Phi) is 3.59. The fraction of sp³-hybridized carbons (Fsp3) is 0.750. The number of nitrogens with zero attached hydrogens (tertiary/aromatic N) is 4. The largest absolute Gasteiger partial charge is 0.366 e. The molecule has 0 spiro atoms. The normalized spacial score (nSPS) is 17.5. The molecule has 0 heterocycles. The molecule has 0 saturated heterocycles. The third-order valence-electron chi connectivity index (χ3n) is 2.00. The van der Waals surface area contributed by atoms with Gasteiger partial charge in [-0.1, -0.05) is 0 Å². The number of hydrogen-bond donors (Lipinski definition) is 1. The molecule has 0 aromatic heterocycles. The highest BCUT2D eigenvalue weighted by Gasteiger charge is 2.23. The molecule has 0 radical (unpaired) electrons. The SMILES string of the molecule is C/C(=N/C(=N/[N+](=O)[O-])NC1CC1)N(C)C. The molecule has 1 aliphatic rings. The minimum absolute atomic E-state index is 0.0775. The molecule has 1 fully saturated rings. The lowest BCUT2D eigenvalue weighted by Crippen LogP contribution is -2.28. The minimum Gasteiger partial charge on any atom is -0.366 e. The maximum atomic E-state index is 10.3. The van der Waals surface area contributed by atoms with E-state index in [1.54, 1.807) is 11.8 Å². The van der Waals surface area contributed by atoms with Crippen LogP contribution in [0.4, 0.5) is 0 Å². The Balaban J connectivity index is 2.70. The Morgan fingerprint density at radius 3 is 2.53 bits per heavy atom. The van der Waals surface area contributed by atoms with Crippen LogP contribution in [0.1, 0.15) is 19.8 Å². The molecule has 0 aromatic rings. The molecule has 1 N–H and O–H groups in total. The van der Waals surface area contributed by atoms with E-state index in [1.165, 1.54) is 0 Å². The lowest BCUT2D eigenvalue weighted by atomic mass is 10.6. The van der Waals surface area contributed by atoms with Crippen LogP contribution in [-0.2, 0) is 0 Å². The molecule has 0 aliphatic heterocycles. The average molecular weight is 213 g/mol. The highest BCUT2D eigenvalue weighted by molar-refractivity contribution is 5.94. The second-order valence-corrected chi connectivity index (χ2v) is 3.63. The van der Waals surface area contributed by atoms with Gasteiger partial charge in [0.1, 0.15) is 10.9 Å². The third kappa shape index (κ3) is 4.39. The van der Waals surface area contributed by atoms with Crippen LogP contribution in [0.15, 0.2) is 10.1 Å². The zero-order chi connectivity index (χ0) is 11.4. The van der Waals surface area contributed by atoms with Gasteiger partial charge in [0.25, 0.3) is 5.96 Å². The lowest BCUT2D eigenvalue weighted by molar-refractivity contribution is -0.485. The quantitative estimate of drug-likeness (QED) is 0.309. The van der Waals surface area contributed by atoms with E-state index in [-0.39, 0.29) is 5.96 Å². The van der Waals surface area contributed by atoms with Gasteiger partial charge < -0.3 is 10.2 Å². The van der Waals surface area contributed by atoms with Crippen molar-refractivity contribution in [2.24, 2.45) is 10.1 Å². The van der Waals surface area contributed by atoms with E-state index >= 15 is 0 Å². The van der Waals surface area contributed by atoms with Gasteiger partial charge in [0.05, 0.1) is 0 Å². The number of rotatable bonds is 2. The Bertz CT molecular complexity index is 306. The summed E-state index contributed by atoms with van der Waals surface area (Å²) in [5, 5.41) is 15.6. The highest BCUT2D eigenvalue weighted by Crippen LogP contribution is 2.18. The predicted octanol–water partition coefficient (Wildman–Crippen LogP) is 0.266. The van der Waals surface area contributed by atoms with Gasteiger partial charge in [0.15, 0.2) is 5.03 Å². The summed E-state index contributed by atoms with van der Waals surface area (Å²) < 4.78 is 0. The molecule has 84 valence electrons. The third-order valence-corrected chi connectivity index (χ3v) is 2.00. The van der Waals surface area contributed by atoms with E-state index in [9.17, 15) is 10.1 Å². The number of amidine groups is 1. The molecule has 1 rings (SSSR count). The molecule has 0 atom stereocenters. The first-order valence-electron chi connectivity index (χ1n) is 4.71. The van der Waals surface area contributed by atoms with Crippen LogP contribution < -0.4 is 5.32 Å². The summed E-state index contributed by atoms with van der Waals surface area (Å²) in [5.74, 6) is 0.748. The van der Waals surface area contributed by atoms with Crippen LogP contribution in [0.3, 0.4) is 0 Å². The Morgan fingerprint density at radius 1 is 1.53 bits per heavy atom. The number of hydrazone groups is 1. The van der Waals surface area contributed by atoms with Crippen LogP contribution in [-0.4, -0.2) is 41.9 Å². The van der Waals surface area contributed by atoms with Gasteiger partial charge in [-0.15, -0.1) is 0 Å². The zero-order valence-corrected chi connectivity index (χ0v) is 9.10. The van der Waals surface area contributed by atoms with Crippen LogP contribution in [0.5, 0.6) is 0 Å². The van der Waals surface area contributed by atoms with Crippen molar-refractivity contribution in [1.82, 2.24) is 10.2 Å². The van der Waals surface area contributed by atoms with E-state index in [0.717, 1.165) is 12.8 Å². The smallest absolute Gasteiger partial charge is 0.296 e. The van der Waals surface area contributed by atoms with E-state index < -0.39 is 5.03 Å². The van der Waals surface area contributed by atoms with Crippen LogP contribution in [0.25, 0.3) is 0 Å². The molecule has 0 amide bonds. The second kappa shape index (κ2) is 4.72. The number of aliphatic imine (C=N–C) groups is 1. The molecule has 0 unspecified atom stereocenters. The van der Waals surface area contributed by atoms with Gasteiger partial charge in [-0.05, 0) is 19.8 Å². The maximum Gasteiger partial charge on any atom is 0.296 e. The molecule has 7 nitrogen and oxygen atoms in total. The lowest BCUT2D eigenvalue weighted by Gasteiger charge is -2.11. The fourth-order valence-electron chi connectivity index (χ4n) is 0.824. The Hall–Kier alpha value is -1.66. The van der Waals surface area contributed by atoms with Crippen molar-refractivity contribution in [2.45, 2.75) is 25.8 Å². The Labute approximate surface area is 88.0 Å². The first-order chi connectivity index (χ1) is 6.99. The summed E-state index contributed by atoms with van der Waals surface area (Å²) in [5.41, 5.74) is 0. The second-order valence-electron chi connectivity index (χ2n) is 3.63. The van der Waals surface area contributed by atoms with Gasteiger partial charge in [0, 0.05) is 20.1 Å². The fourth-order valence-corrected chi connectivity index (χ4v) is 0.824. The molecular formula is C8H15N5O2. The van der Waals surface area contributed by atoms with Gasteiger partial charge in [-0.2, -0.15) is 4.99 Å². The van der Waals surface area contributed by atoms with Crippen molar-refractivity contribution in [3.8, 4) is 0 Å². The minimum atomic E-state index is -0.739. The van der Waals surface area contributed by atoms with E-state index in [0.29, 0.717) is 11.9 Å². The van der Waals surface area contributed by atoms with Crippen molar-refractivity contribution < 1.29 is 5.03 Å². The van der Waals surface area contributed by atoms with E-state index in [4.69, 9.17) is 0 Å². The number of nitrogens with one attached hydrogen (secondary N) is 1. The average Bonchev–Trinajstić information content (AvgIpc) is 2.86. The Morgan fingerprint density at radius 2 is 2.13 bits per heavy atom. The summed E-state index contributed by atoms with van der Waals surface area (Å²) in [6.45, 7) is 1.77. The molecular weight excluding hydrogens is 198 g/mol. The maximum absolute atomic E-state index is 10.3. The van der Waals surface area contributed by atoms with Crippen molar-refractivity contribution >= 4 is 11.8 Å². The van der Waals surface area contributed by atoms with Gasteiger partial charge in [0.2, 0.25) is 0 Å². The predicted molar refractivity (Wildman–Crippen MR) is 57.4 cm³/mol.